The highest BCUT2D eigenvalue weighted by molar-refractivity contribution is 6.94. The lowest BCUT2D eigenvalue weighted by molar-refractivity contribution is -0.00526. The number of aromatic nitrogens is 1. The van der Waals surface area contributed by atoms with Gasteiger partial charge in [0.25, 0.3) is 0 Å². The molecule has 0 amide bonds. The maximum absolute atomic E-state index is 7.42. The summed E-state index contributed by atoms with van der Waals surface area (Å²) in [5.41, 5.74) is 22.5. The van der Waals surface area contributed by atoms with Crippen LogP contribution in [0, 0.1) is 35.5 Å². The predicted molar refractivity (Wildman–Crippen MR) is 315 cm³/mol. The second-order valence-electron chi connectivity index (χ2n) is 26.1. The Balaban J connectivity index is 0.941. The Labute approximate surface area is 444 Å². The number of hydrogen-bond acceptors (Lipinski definition) is 2. The third-order valence-corrected chi connectivity index (χ3v) is 21.8. The number of furan rings is 1. The van der Waals surface area contributed by atoms with E-state index in [0.29, 0.717) is 5.41 Å². The minimum Gasteiger partial charge on any atom is -0.454 e. The van der Waals surface area contributed by atoms with Crippen LogP contribution in [0.2, 0.25) is 0 Å². The molecule has 9 aromatic carbocycles. The maximum Gasteiger partial charge on any atom is 0.333 e. The summed E-state index contributed by atoms with van der Waals surface area (Å²) in [6, 6.07) is 68.5. The van der Waals surface area contributed by atoms with E-state index in [0.717, 1.165) is 46.7 Å². The summed E-state index contributed by atoms with van der Waals surface area (Å²) in [5, 5.41) is 7.72. The molecule has 8 saturated carbocycles. The molecule has 8 fully saturated rings. The summed E-state index contributed by atoms with van der Waals surface area (Å²) >= 11 is 0. The van der Waals surface area contributed by atoms with Crippen molar-refractivity contribution in [3.8, 4) is 39.1 Å². The maximum atomic E-state index is 7.42. The van der Waals surface area contributed by atoms with Gasteiger partial charge in [0.05, 0.1) is 16.7 Å². The van der Waals surface area contributed by atoms with E-state index in [4.69, 9.17) is 4.42 Å². The van der Waals surface area contributed by atoms with Crippen molar-refractivity contribution in [1.82, 2.24) is 4.57 Å². The van der Waals surface area contributed by atoms with E-state index >= 15 is 0 Å². The molecular weight excluding hydrogens is 920 g/mol. The quantitative estimate of drug-likeness (QED) is 0.160. The third kappa shape index (κ3) is 5.65. The molecule has 0 saturated heterocycles. The van der Waals surface area contributed by atoms with Gasteiger partial charge in [0.1, 0.15) is 5.58 Å². The highest BCUT2D eigenvalue weighted by atomic mass is 16.3. The van der Waals surface area contributed by atoms with Crippen LogP contribution in [0.15, 0.2) is 180 Å². The van der Waals surface area contributed by atoms with Crippen molar-refractivity contribution < 1.29 is 4.42 Å². The highest BCUT2D eigenvalue weighted by Gasteiger charge is 2.54. The first-order valence-corrected chi connectivity index (χ1v) is 29.2. The van der Waals surface area contributed by atoms with Crippen molar-refractivity contribution >= 4 is 83.7 Å². The summed E-state index contributed by atoms with van der Waals surface area (Å²) in [7, 11) is 0. The molecule has 0 N–H and O–H groups in total. The van der Waals surface area contributed by atoms with Gasteiger partial charge >= 0.3 is 6.85 Å². The first kappa shape index (κ1) is 41.9. The van der Waals surface area contributed by atoms with E-state index in [1.165, 1.54) is 182 Å². The number of anilines is 2. The second kappa shape index (κ2) is 14.8. The lowest BCUT2D eigenvalue weighted by atomic mass is 9.42. The molecule has 8 bridgehead atoms. The van der Waals surface area contributed by atoms with Gasteiger partial charge in [0.15, 0.2) is 5.58 Å². The van der Waals surface area contributed by atoms with Crippen molar-refractivity contribution in [2.75, 3.05) is 4.81 Å². The zero-order valence-corrected chi connectivity index (χ0v) is 43.1. The van der Waals surface area contributed by atoms with E-state index < -0.39 is 0 Å². The zero-order valence-electron chi connectivity index (χ0n) is 43.1. The average molecular weight is 979 g/mol. The minimum absolute atomic E-state index is 0.112. The molecule has 0 radical (unpaired) electrons. The van der Waals surface area contributed by atoms with E-state index in [1.54, 1.807) is 11.1 Å². The number of rotatable bonds is 5. The van der Waals surface area contributed by atoms with Crippen LogP contribution in [-0.4, -0.2) is 11.4 Å². The Bertz CT molecular complexity index is 4240. The largest absolute Gasteiger partial charge is 0.454 e. The van der Waals surface area contributed by atoms with Crippen molar-refractivity contribution in [2.24, 2.45) is 35.5 Å². The Kier molecular flexibility index (Phi) is 8.15. The van der Waals surface area contributed by atoms with Crippen LogP contribution in [0.25, 0.3) is 93.6 Å². The van der Waals surface area contributed by atoms with Gasteiger partial charge in [-0.3, -0.25) is 0 Å². The molecule has 8 aliphatic carbocycles. The van der Waals surface area contributed by atoms with Gasteiger partial charge in [-0.05, 0) is 245 Å². The number of nitrogens with zero attached hydrogens (tertiary/aromatic N) is 2. The number of fused-ring (bicyclic) bond motifs is 12. The van der Waals surface area contributed by atoms with Crippen molar-refractivity contribution in [3.05, 3.63) is 187 Å². The van der Waals surface area contributed by atoms with Crippen molar-refractivity contribution in [1.29, 1.82) is 0 Å². The van der Waals surface area contributed by atoms with Gasteiger partial charge in [-0.25, -0.2) is 0 Å². The normalized spacial score (nSPS) is 27.2. The molecule has 21 rings (SSSR count). The number of hydrogen-bond donors (Lipinski definition) is 0. The van der Waals surface area contributed by atoms with Crippen LogP contribution in [0.5, 0.6) is 0 Å². The van der Waals surface area contributed by atoms with E-state index in [1.807, 2.05) is 0 Å². The molecular formula is C72H59BN2O. The van der Waals surface area contributed by atoms with Crippen LogP contribution in [0.3, 0.4) is 0 Å². The Morgan fingerprint density at radius 2 is 1.01 bits per heavy atom. The summed E-state index contributed by atoms with van der Waals surface area (Å²) in [6.07, 6.45) is 16.9. The fraction of sp³-hybridized carbons (Fsp3) is 0.278. The van der Waals surface area contributed by atoms with E-state index in [-0.39, 0.29) is 12.3 Å². The zero-order chi connectivity index (χ0) is 49.2. The lowest BCUT2D eigenvalue weighted by Crippen LogP contribution is -2.61. The summed E-state index contributed by atoms with van der Waals surface area (Å²) in [5.74, 6) is 5.25. The smallest absolute Gasteiger partial charge is 0.333 e. The molecule has 11 aromatic rings. The molecule has 2 aromatic heterocycles. The molecule has 2 aliphatic heterocycles. The van der Waals surface area contributed by atoms with Gasteiger partial charge < -0.3 is 13.8 Å². The fourth-order valence-corrected chi connectivity index (χ4v) is 19.6. The van der Waals surface area contributed by atoms with Gasteiger partial charge in [-0.2, -0.15) is 0 Å². The molecule has 76 heavy (non-hydrogen) atoms. The predicted octanol–water partition coefficient (Wildman–Crippen LogP) is 17.3. The first-order valence-electron chi connectivity index (χ1n) is 29.2. The topological polar surface area (TPSA) is 21.3 Å². The molecule has 4 heteroatoms. The van der Waals surface area contributed by atoms with E-state index in [9.17, 15) is 0 Å². The van der Waals surface area contributed by atoms with Crippen LogP contribution in [0.4, 0.5) is 11.4 Å². The average Bonchev–Trinajstić information content (AvgIpc) is 4.18. The van der Waals surface area contributed by atoms with Crippen LogP contribution < -0.4 is 15.7 Å². The van der Waals surface area contributed by atoms with Gasteiger partial charge in [-0.15, -0.1) is 0 Å². The first-order chi connectivity index (χ1) is 37.5. The Hall–Kier alpha value is -7.30. The van der Waals surface area contributed by atoms with Gasteiger partial charge in [0, 0.05) is 38.5 Å². The minimum atomic E-state index is -0.112. The monoisotopic (exact) mass is 978 g/mol. The summed E-state index contributed by atoms with van der Waals surface area (Å²) in [4.78, 5) is 2.75. The number of benzene rings is 9. The van der Waals surface area contributed by atoms with E-state index in [2.05, 4.69) is 185 Å². The lowest BCUT2D eigenvalue weighted by Gasteiger charge is -2.57. The molecule has 0 atom stereocenters. The van der Waals surface area contributed by atoms with Crippen molar-refractivity contribution in [2.45, 2.75) is 87.9 Å². The fourth-order valence-electron chi connectivity index (χ4n) is 19.6. The summed E-state index contributed by atoms with van der Waals surface area (Å²) < 4.78 is 10.2. The Morgan fingerprint density at radius 1 is 0.434 bits per heavy atom. The summed E-state index contributed by atoms with van der Waals surface area (Å²) in [6.45, 7) is -0.112. The standard InChI is InChI=1S/C72H59BN2O/c1-3-9-48(10-4-1)50-15-18-56(19-16-50)75-69-57(20-21-58-60-29-51-13-7-8-14-52(51)32-66(60)76-70(58)69)61-30-53(49-11-5-2-6-12-49)31-65-67(61)73(75)63-35-55(72-39-45-26-46(40-72)28-47(27-45)41-72)34-62-59-33-54(17-22-64(59)74(65)68(62)63)71-36-42-23-43(37-71)25-44(24-42)38-71/h1-22,29-35,42-47H,23-28,36-41H2. The highest BCUT2D eigenvalue weighted by Crippen LogP contribution is 2.63. The van der Waals surface area contributed by atoms with Gasteiger partial charge in [-0.1, -0.05) is 115 Å². The molecule has 4 heterocycles. The SMILES string of the molecule is c1ccc(-c2ccc(N3B4c5c(cc(-c6ccccc6)cc5-n5c6ccc(C78CC9CC(CC(C9)C7)C8)cc6c6cc(C78CC9CC(CC(C9)C7)C8)cc4c65)-c4ccc5c(oc6cc7ccccc7cc65)c43)cc2)cc1. The van der Waals surface area contributed by atoms with Gasteiger partial charge in [0.2, 0.25) is 0 Å². The van der Waals surface area contributed by atoms with Crippen LogP contribution >= 0.6 is 0 Å². The molecule has 3 nitrogen and oxygen atoms in total. The van der Waals surface area contributed by atoms with Crippen LogP contribution in [0.1, 0.15) is 88.2 Å². The third-order valence-electron chi connectivity index (χ3n) is 21.8. The van der Waals surface area contributed by atoms with Crippen molar-refractivity contribution in [3.63, 3.8) is 0 Å². The molecule has 10 aliphatic rings. The molecule has 0 unspecified atom stereocenters. The Morgan fingerprint density at radius 3 is 1.67 bits per heavy atom. The van der Waals surface area contributed by atoms with Crippen LogP contribution in [-0.2, 0) is 10.8 Å². The second-order valence-corrected chi connectivity index (χ2v) is 26.1. The molecule has 366 valence electrons. The molecule has 0 spiro atoms.